The molecule has 1 spiro atoms. The van der Waals surface area contributed by atoms with Crippen LogP contribution in [-0.2, 0) is 4.74 Å². The largest absolute Gasteiger partial charge is 0.444 e. The number of aryl methyl sites for hydroxylation is 1. The number of ether oxygens (including phenoxy) is 1. The average Bonchev–Trinajstić information content (AvgIpc) is 2.51. The van der Waals surface area contributed by atoms with Gasteiger partial charge in [0.25, 0.3) is 0 Å². The number of hydrogen-bond donors (Lipinski definition) is 0. The molecule has 2 aliphatic rings. The SMILES string of the molecule is Cc1nn(C2CC3(C2)CN(C(=O)OC(C)(C)C)C3)c(C)c1C. The first kappa shape index (κ1) is 15.4. The van der Waals surface area contributed by atoms with Crippen molar-refractivity contribution in [3.63, 3.8) is 0 Å². The summed E-state index contributed by atoms with van der Waals surface area (Å²) in [6.07, 6.45) is 2.06. The van der Waals surface area contributed by atoms with E-state index in [-0.39, 0.29) is 6.09 Å². The molecule has 2 heterocycles. The lowest BCUT2D eigenvalue weighted by atomic mass is 9.61. The summed E-state index contributed by atoms with van der Waals surface area (Å²) in [5.41, 5.74) is 3.60. The zero-order valence-electron chi connectivity index (χ0n) is 14.6. The van der Waals surface area contributed by atoms with Gasteiger partial charge in [-0.3, -0.25) is 4.68 Å². The van der Waals surface area contributed by atoms with E-state index in [2.05, 4.69) is 30.6 Å². The highest BCUT2D eigenvalue weighted by molar-refractivity contribution is 5.69. The maximum Gasteiger partial charge on any atom is 0.410 e. The first-order valence-electron chi connectivity index (χ1n) is 8.10. The second-order valence-electron chi connectivity index (χ2n) is 8.14. The van der Waals surface area contributed by atoms with Crippen molar-refractivity contribution in [3.05, 3.63) is 17.0 Å². The van der Waals surface area contributed by atoms with Gasteiger partial charge in [-0.05, 0) is 59.9 Å². The zero-order chi connectivity index (χ0) is 16.3. The van der Waals surface area contributed by atoms with Crippen molar-refractivity contribution in [2.75, 3.05) is 13.1 Å². The molecule has 0 N–H and O–H groups in total. The fraction of sp³-hybridized carbons (Fsp3) is 0.765. The molecule has 1 amide bonds. The van der Waals surface area contributed by atoms with Crippen molar-refractivity contribution in [2.24, 2.45) is 5.41 Å². The van der Waals surface area contributed by atoms with Crippen LogP contribution in [-0.4, -0.2) is 39.5 Å². The van der Waals surface area contributed by atoms with Crippen LogP contribution in [0.15, 0.2) is 0 Å². The van der Waals surface area contributed by atoms with Crippen LogP contribution in [0.3, 0.4) is 0 Å². The summed E-state index contributed by atoms with van der Waals surface area (Å²) < 4.78 is 7.61. The molecule has 2 fully saturated rings. The summed E-state index contributed by atoms with van der Waals surface area (Å²) in [6.45, 7) is 13.7. The molecular weight excluding hydrogens is 278 g/mol. The van der Waals surface area contributed by atoms with Crippen molar-refractivity contribution in [1.29, 1.82) is 0 Å². The molecule has 1 aliphatic carbocycles. The minimum absolute atomic E-state index is 0.177. The Morgan fingerprint density at radius 2 is 1.82 bits per heavy atom. The fourth-order valence-corrected chi connectivity index (χ4v) is 3.69. The molecule has 1 aliphatic heterocycles. The minimum atomic E-state index is -0.413. The summed E-state index contributed by atoms with van der Waals surface area (Å²) >= 11 is 0. The summed E-state index contributed by atoms with van der Waals surface area (Å²) in [7, 11) is 0. The van der Waals surface area contributed by atoms with E-state index in [1.54, 1.807) is 0 Å². The van der Waals surface area contributed by atoms with Crippen molar-refractivity contribution in [3.8, 4) is 0 Å². The Morgan fingerprint density at radius 3 is 2.27 bits per heavy atom. The van der Waals surface area contributed by atoms with Crippen LogP contribution in [0.5, 0.6) is 0 Å². The summed E-state index contributed by atoms with van der Waals surface area (Å²) in [6, 6.07) is 0.494. The zero-order valence-corrected chi connectivity index (χ0v) is 14.6. The van der Waals surface area contributed by atoms with Crippen LogP contribution in [0, 0.1) is 26.2 Å². The summed E-state index contributed by atoms with van der Waals surface area (Å²) in [4.78, 5) is 13.8. The molecule has 0 bridgehead atoms. The van der Waals surface area contributed by atoms with Crippen LogP contribution in [0.2, 0.25) is 0 Å². The van der Waals surface area contributed by atoms with Crippen LogP contribution in [0.4, 0.5) is 4.79 Å². The molecule has 3 rings (SSSR count). The smallest absolute Gasteiger partial charge is 0.410 e. The van der Waals surface area contributed by atoms with E-state index < -0.39 is 5.60 Å². The van der Waals surface area contributed by atoms with Gasteiger partial charge in [0.05, 0.1) is 11.7 Å². The Hall–Kier alpha value is -1.52. The molecule has 0 radical (unpaired) electrons. The topological polar surface area (TPSA) is 47.4 Å². The third-order valence-electron chi connectivity index (χ3n) is 5.07. The monoisotopic (exact) mass is 305 g/mol. The third kappa shape index (κ3) is 2.50. The predicted octanol–water partition coefficient (Wildman–Crippen LogP) is 3.38. The molecule has 1 aromatic rings. The first-order valence-corrected chi connectivity index (χ1v) is 8.10. The first-order chi connectivity index (χ1) is 10.1. The second kappa shape index (κ2) is 4.74. The quantitative estimate of drug-likeness (QED) is 0.799. The number of rotatable bonds is 1. The lowest BCUT2D eigenvalue weighted by Gasteiger charge is -2.58. The Balaban J connectivity index is 1.55. The lowest BCUT2D eigenvalue weighted by molar-refractivity contribution is -0.0931. The maximum atomic E-state index is 12.0. The van der Waals surface area contributed by atoms with Gasteiger partial charge in [-0.25, -0.2) is 4.79 Å². The van der Waals surface area contributed by atoms with Gasteiger partial charge in [0.2, 0.25) is 0 Å². The Labute approximate surface area is 132 Å². The van der Waals surface area contributed by atoms with Gasteiger partial charge in [0.15, 0.2) is 0 Å². The molecule has 5 nitrogen and oxygen atoms in total. The van der Waals surface area contributed by atoms with E-state index in [0.29, 0.717) is 11.5 Å². The van der Waals surface area contributed by atoms with E-state index in [4.69, 9.17) is 4.74 Å². The predicted molar refractivity (Wildman–Crippen MR) is 84.9 cm³/mol. The Kier molecular flexibility index (Phi) is 3.31. The van der Waals surface area contributed by atoms with Crippen LogP contribution >= 0.6 is 0 Å². The number of likely N-dealkylation sites (tertiary alicyclic amines) is 1. The molecule has 1 aromatic heterocycles. The van der Waals surface area contributed by atoms with Gasteiger partial charge in [0.1, 0.15) is 5.60 Å². The Morgan fingerprint density at radius 1 is 1.23 bits per heavy atom. The van der Waals surface area contributed by atoms with E-state index >= 15 is 0 Å². The molecule has 22 heavy (non-hydrogen) atoms. The van der Waals surface area contributed by atoms with Gasteiger partial charge >= 0.3 is 6.09 Å². The summed E-state index contributed by atoms with van der Waals surface area (Å²) in [5, 5.41) is 4.67. The van der Waals surface area contributed by atoms with Crippen molar-refractivity contribution in [1.82, 2.24) is 14.7 Å². The number of aromatic nitrogens is 2. The van der Waals surface area contributed by atoms with Crippen LogP contribution in [0.25, 0.3) is 0 Å². The summed E-state index contributed by atoms with van der Waals surface area (Å²) in [5.74, 6) is 0. The highest BCUT2D eigenvalue weighted by Gasteiger charge is 2.55. The minimum Gasteiger partial charge on any atom is -0.444 e. The molecule has 0 atom stereocenters. The molecular formula is C17H27N3O2. The van der Waals surface area contributed by atoms with Crippen molar-refractivity contribution < 1.29 is 9.53 Å². The number of nitrogens with zero attached hydrogens (tertiary/aromatic N) is 3. The molecule has 1 saturated heterocycles. The van der Waals surface area contributed by atoms with Gasteiger partial charge in [-0.1, -0.05) is 0 Å². The molecule has 0 aromatic carbocycles. The highest BCUT2D eigenvalue weighted by Crippen LogP contribution is 2.54. The normalized spacial score (nSPS) is 20.7. The number of hydrogen-bond acceptors (Lipinski definition) is 3. The van der Waals surface area contributed by atoms with Gasteiger partial charge in [-0.15, -0.1) is 0 Å². The van der Waals surface area contributed by atoms with Gasteiger partial charge < -0.3 is 9.64 Å². The number of amides is 1. The number of carbonyl (C=O) groups is 1. The Bertz CT molecular complexity index is 598. The van der Waals surface area contributed by atoms with E-state index in [9.17, 15) is 4.79 Å². The van der Waals surface area contributed by atoms with Gasteiger partial charge in [-0.2, -0.15) is 5.10 Å². The third-order valence-corrected chi connectivity index (χ3v) is 5.07. The fourth-order valence-electron chi connectivity index (χ4n) is 3.69. The molecule has 122 valence electrons. The molecule has 0 unspecified atom stereocenters. The average molecular weight is 305 g/mol. The molecule has 1 saturated carbocycles. The maximum absolute atomic E-state index is 12.0. The highest BCUT2D eigenvalue weighted by atomic mass is 16.6. The molecule has 5 heteroatoms. The van der Waals surface area contributed by atoms with E-state index in [1.165, 1.54) is 11.3 Å². The second-order valence-corrected chi connectivity index (χ2v) is 8.14. The lowest BCUT2D eigenvalue weighted by Crippen LogP contribution is -2.64. The van der Waals surface area contributed by atoms with Crippen LogP contribution in [0.1, 0.15) is 56.6 Å². The number of carbonyl (C=O) groups excluding carboxylic acids is 1. The standard InChI is InChI=1S/C17H27N3O2/c1-11-12(2)18-20(13(11)3)14-7-17(8-14)9-19(10-17)15(21)22-16(4,5)6/h14H,7-10H2,1-6H3. The van der Waals surface area contributed by atoms with E-state index in [1.807, 2.05) is 25.7 Å². The van der Waals surface area contributed by atoms with Crippen molar-refractivity contribution in [2.45, 2.75) is 66.0 Å². The van der Waals surface area contributed by atoms with Gasteiger partial charge in [0, 0.05) is 24.2 Å². The van der Waals surface area contributed by atoms with Crippen LogP contribution < -0.4 is 0 Å². The van der Waals surface area contributed by atoms with Crippen molar-refractivity contribution >= 4 is 6.09 Å². The van der Waals surface area contributed by atoms with E-state index in [0.717, 1.165) is 31.6 Å².